The van der Waals surface area contributed by atoms with Crippen LogP contribution >= 0.6 is 11.8 Å². The Morgan fingerprint density at radius 3 is 2.68 bits per heavy atom. The molecule has 212 valence electrons. The maximum atomic E-state index is 12.9. The van der Waals surface area contributed by atoms with E-state index in [0.29, 0.717) is 10.7 Å². The Kier molecular flexibility index (Phi) is 9.82. The van der Waals surface area contributed by atoms with E-state index in [9.17, 15) is 29.1 Å². The molecule has 1 aliphatic carbocycles. The number of thioether (sulfide) groups is 1. The SMILES string of the molecule is CC1=CCCC2(C)OC2C2OC(=O)C(CSCC(NC(=O)CCC(N)C(=O)O)C(=O)N(C)C(=O)O)C2CC1. The molecular formula is C25H37N3O9S. The predicted molar refractivity (Wildman–Crippen MR) is 137 cm³/mol. The van der Waals surface area contributed by atoms with E-state index in [4.69, 9.17) is 20.3 Å². The number of nitrogens with zero attached hydrogens (tertiary/aromatic N) is 1. The third kappa shape index (κ3) is 7.26. The minimum absolute atomic E-state index is 0.0188. The second kappa shape index (κ2) is 12.5. The van der Waals surface area contributed by atoms with E-state index >= 15 is 0 Å². The Labute approximate surface area is 225 Å². The third-order valence-electron chi connectivity index (χ3n) is 7.57. The Morgan fingerprint density at radius 2 is 2.03 bits per heavy atom. The highest BCUT2D eigenvalue weighted by Crippen LogP contribution is 2.50. The molecule has 12 nitrogen and oxygen atoms in total. The number of allylic oxidation sites excluding steroid dienone is 2. The number of carboxylic acids is 1. The number of imide groups is 1. The van der Waals surface area contributed by atoms with E-state index in [1.807, 2.05) is 6.92 Å². The molecule has 7 unspecified atom stereocenters. The fraction of sp³-hybridized carbons (Fsp3) is 0.720. The zero-order valence-electron chi connectivity index (χ0n) is 21.9. The summed E-state index contributed by atoms with van der Waals surface area (Å²) >= 11 is 1.25. The highest BCUT2D eigenvalue weighted by atomic mass is 32.2. The van der Waals surface area contributed by atoms with Gasteiger partial charge in [0.15, 0.2) is 0 Å². The number of nitrogens with two attached hydrogens (primary N) is 1. The first kappa shape index (κ1) is 29.9. The maximum absolute atomic E-state index is 12.9. The molecule has 7 atom stereocenters. The molecule has 0 saturated carbocycles. The van der Waals surface area contributed by atoms with Crippen molar-refractivity contribution in [3.63, 3.8) is 0 Å². The number of hydrogen-bond donors (Lipinski definition) is 4. The first-order chi connectivity index (χ1) is 17.8. The molecule has 3 amide bonds. The van der Waals surface area contributed by atoms with Gasteiger partial charge < -0.3 is 30.7 Å². The molecule has 0 radical (unpaired) electrons. The number of carboxylic acid groups (broad SMARTS) is 2. The van der Waals surface area contributed by atoms with Gasteiger partial charge in [0.05, 0.1) is 11.5 Å². The highest BCUT2D eigenvalue weighted by Gasteiger charge is 2.62. The number of esters is 1. The summed E-state index contributed by atoms with van der Waals surface area (Å²) in [5.41, 5.74) is 6.38. The summed E-state index contributed by atoms with van der Waals surface area (Å²) < 4.78 is 11.8. The van der Waals surface area contributed by atoms with E-state index in [1.54, 1.807) is 0 Å². The number of epoxide rings is 1. The molecule has 0 aromatic rings. The first-order valence-electron chi connectivity index (χ1n) is 12.7. The van der Waals surface area contributed by atoms with Crippen LogP contribution in [0, 0.1) is 11.8 Å². The number of hydrogen-bond acceptors (Lipinski definition) is 9. The lowest BCUT2D eigenvalue weighted by molar-refractivity contribution is -0.144. The predicted octanol–water partition coefficient (Wildman–Crippen LogP) is 1.37. The number of nitrogens with one attached hydrogen (secondary N) is 1. The van der Waals surface area contributed by atoms with E-state index in [-0.39, 0.29) is 48.3 Å². The highest BCUT2D eigenvalue weighted by molar-refractivity contribution is 7.99. The van der Waals surface area contributed by atoms with Crippen molar-refractivity contribution in [3.8, 4) is 0 Å². The largest absolute Gasteiger partial charge is 0.480 e. The minimum Gasteiger partial charge on any atom is -0.480 e. The molecular weight excluding hydrogens is 518 g/mol. The summed E-state index contributed by atoms with van der Waals surface area (Å²) in [7, 11) is 1.08. The van der Waals surface area contributed by atoms with Gasteiger partial charge >= 0.3 is 18.0 Å². The third-order valence-corrected chi connectivity index (χ3v) is 8.73. The van der Waals surface area contributed by atoms with Crippen molar-refractivity contribution in [1.29, 1.82) is 0 Å². The lowest BCUT2D eigenvalue weighted by Crippen LogP contribution is -2.50. The summed E-state index contributed by atoms with van der Waals surface area (Å²) in [6.45, 7) is 4.11. The quantitative estimate of drug-likeness (QED) is 0.173. The van der Waals surface area contributed by atoms with Crippen molar-refractivity contribution >= 4 is 41.6 Å². The number of carbonyl (C=O) groups is 5. The fourth-order valence-electron chi connectivity index (χ4n) is 5.02. The monoisotopic (exact) mass is 555 g/mol. The Hall–Kier alpha value is -2.64. The Balaban J connectivity index is 1.65. The van der Waals surface area contributed by atoms with Gasteiger partial charge in [0.2, 0.25) is 5.91 Å². The van der Waals surface area contributed by atoms with Crippen molar-refractivity contribution in [2.24, 2.45) is 17.6 Å². The number of rotatable bonds is 10. The molecule has 3 aliphatic rings. The van der Waals surface area contributed by atoms with Gasteiger partial charge in [0, 0.05) is 30.9 Å². The maximum Gasteiger partial charge on any atom is 0.413 e. The van der Waals surface area contributed by atoms with E-state index in [2.05, 4.69) is 18.3 Å². The number of aliphatic carboxylic acids is 1. The summed E-state index contributed by atoms with van der Waals surface area (Å²) in [5, 5.41) is 20.6. The lowest BCUT2D eigenvalue weighted by Gasteiger charge is -2.24. The van der Waals surface area contributed by atoms with Gasteiger partial charge in [-0.3, -0.25) is 19.2 Å². The van der Waals surface area contributed by atoms with Crippen molar-refractivity contribution in [3.05, 3.63) is 11.6 Å². The van der Waals surface area contributed by atoms with Gasteiger partial charge in [-0.1, -0.05) is 11.6 Å². The number of carbonyl (C=O) groups excluding carboxylic acids is 3. The van der Waals surface area contributed by atoms with Crippen LogP contribution in [0.2, 0.25) is 0 Å². The Morgan fingerprint density at radius 1 is 1.32 bits per heavy atom. The van der Waals surface area contributed by atoms with Gasteiger partial charge in [-0.15, -0.1) is 0 Å². The van der Waals surface area contributed by atoms with Crippen molar-refractivity contribution in [1.82, 2.24) is 10.2 Å². The zero-order chi connectivity index (χ0) is 28.2. The molecule has 2 aliphatic heterocycles. The van der Waals surface area contributed by atoms with Crippen molar-refractivity contribution in [2.75, 3.05) is 18.6 Å². The smallest absolute Gasteiger partial charge is 0.413 e. The van der Waals surface area contributed by atoms with Gasteiger partial charge in [-0.2, -0.15) is 11.8 Å². The molecule has 2 heterocycles. The standard InChI is InChI=1S/C25H37N3O9S/c1-13-5-4-10-25(2)20(37-25)19-14(7-6-13)15(23(33)36-19)11-38-12-17(21(30)28(3)24(34)35)27-18(29)9-8-16(26)22(31)32/h5,14-17,19-20H,4,6-12,26H2,1-3H3,(H,27,29)(H,31,32)(H,34,35). The fourth-order valence-corrected chi connectivity index (χ4v) is 6.26. The number of likely N-dealkylation sites (N-methyl/N-ethyl adjacent to an activating group) is 1. The van der Waals surface area contributed by atoms with Crippen LogP contribution in [0.1, 0.15) is 52.4 Å². The van der Waals surface area contributed by atoms with E-state index in [1.165, 1.54) is 17.3 Å². The van der Waals surface area contributed by atoms with Crippen LogP contribution in [0.25, 0.3) is 0 Å². The summed E-state index contributed by atoms with van der Waals surface area (Å²) in [6, 6.07) is -2.42. The number of amides is 3. The van der Waals surface area contributed by atoms with Crippen molar-refractivity contribution < 1.29 is 43.7 Å². The van der Waals surface area contributed by atoms with E-state index < -0.39 is 41.9 Å². The van der Waals surface area contributed by atoms with E-state index in [0.717, 1.165) is 32.7 Å². The van der Waals surface area contributed by atoms with Crippen LogP contribution in [0.15, 0.2) is 11.6 Å². The zero-order valence-corrected chi connectivity index (χ0v) is 22.7. The van der Waals surface area contributed by atoms with Crippen molar-refractivity contribution in [2.45, 2.75) is 82.3 Å². The van der Waals surface area contributed by atoms with Crippen LogP contribution in [-0.2, 0) is 28.7 Å². The number of fused-ring (bicyclic) bond motifs is 3. The van der Waals surface area contributed by atoms with Crippen LogP contribution in [0.3, 0.4) is 0 Å². The van der Waals surface area contributed by atoms with Gasteiger partial charge in [-0.25, -0.2) is 9.69 Å². The molecule has 2 fully saturated rings. The molecule has 0 aromatic carbocycles. The number of ether oxygens (including phenoxy) is 2. The summed E-state index contributed by atoms with van der Waals surface area (Å²) in [6.07, 6.45) is 3.23. The second-order valence-corrected chi connectivity index (χ2v) is 11.5. The average molecular weight is 556 g/mol. The summed E-state index contributed by atoms with van der Waals surface area (Å²) in [4.78, 5) is 60.7. The molecule has 38 heavy (non-hydrogen) atoms. The minimum atomic E-state index is -1.48. The molecule has 0 bridgehead atoms. The summed E-state index contributed by atoms with van der Waals surface area (Å²) in [5.74, 6) is -3.18. The van der Waals surface area contributed by atoms with Gasteiger partial charge in [0.1, 0.15) is 24.3 Å². The van der Waals surface area contributed by atoms with Crippen LogP contribution in [-0.4, -0.2) is 93.4 Å². The molecule has 3 rings (SSSR count). The molecule has 0 aromatic heterocycles. The topological polar surface area (TPSA) is 189 Å². The molecule has 5 N–H and O–H groups in total. The van der Waals surface area contributed by atoms with Gasteiger partial charge in [0.25, 0.3) is 5.91 Å². The lowest BCUT2D eigenvalue weighted by atomic mass is 9.81. The van der Waals surface area contributed by atoms with Gasteiger partial charge in [-0.05, 0) is 46.0 Å². The normalized spacial score (nSPS) is 30.0. The Bertz CT molecular complexity index is 989. The molecule has 2 saturated heterocycles. The van der Waals surface area contributed by atoms with Crippen LogP contribution in [0.4, 0.5) is 4.79 Å². The van der Waals surface area contributed by atoms with Crippen LogP contribution < -0.4 is 11.1 Å². The molecule has 13 heteroatoms. The first-order valence-corrected chi connectivity index (χ1v) is 13.9. The van der Waals surface area contributed by atoms with Crippen LogP contribution in [0.5, 0.6) is 0 Å². The second-order valence-electron chi connectivity index (χ2n) is 10.5. The molecule has 0 spiro atoms. The average Bonchev–Trinajstić information content (AvgIpc) is 3.42.